The third kappa shape index (κ3) is 19.1. The van der Waals surface area contributed by atoms with E-state index in [0.717, 1.165) is 6.42 Å². The SMILES string of the molecule is CCCCCCCCCCCCCCCCOCC1(COP(=O)(O)OCC[N+](C)(C)C)COCOC1. The van der Waals surface area contributed by atoms with E-state index < -0.39 is 13.2 Å². The number of unbranched alkanes of at least 4 members (excludes halogenated alkanes) is 13. The van der Waals surface area contributed by atoms with Gasteiger partial charge < -0.3 is 23.6 Å². The molecule has 0 bridgehead atoms. The first-order chi connectivity index (χ1) is 17.2. The highest BCUT2D eigenvalue weighted by atomic mass is 31.2. The van der Waals surface area contributed by atoms with Gasteiger partial charge in [0.05, 0.1) is 53.0 Å². The van der Waals surface area contributed by atoms with E-state index in [1.165, 1.54) is 83.5 Å². The van der Waals surface area contributed by atoms with Gasteiger partial charge in [0.2, 0.25) is 0 Å². The summed E-state index contributed by atoms with van der Waals surface area (Å²) < 4.78 is 40.2. The Morgan fingerprint density at radius 3 is 1.75 bits per heavy atom. The lowest BCUT2D eigenvalue weighted by Gasteiger charge is -2.36. The number of hydrogen-bond acceptors (Lipinski definition) is 6. The number of likely N-dealkylation sites (N-methyl/N-ethyl adjacent to an activating group) is 1. The summed E-state index contributed by atoms with van der Waals surface area (Å²) >= 11 is 0. The zero-order chi connectivity index (χ0) is 26.6. The molecule has 1 N–H and O–H groups in total. The molecule has 0 aromatic carbocycles. The van der Waals surface area contributed by atoms with Crippen LogP contribution in [-0.2, 0) is 27.8 Å². The molecular formula is C27H57NO7P+. The van der Waals surface area contributed by atoms with Gasteiger partial charge in [-0.15, -0.1) is 0 Å². The van der Waals surface area contributed by atoms with Gasteiger partial charge in [0.15, 0.2) is 0 Å². The second-order valence-electron chi connectivity index (χ2n) is 11.6. The van der Waals surface area contributed by atoms with Gasteiger partial charge in [-0.05, 0) is 6.42 Å². The molecule has 9 heteroatoms. The molecule has 0 amide bonds. The summed E-state index contributed by atoms with van der Waals surface area (Å²) in [6.45, 7) is 4.99. The molecule has 0 aromatic heterocycles. The highest BCUT2D eigenvalue weighted by molar-refractivity contribution is 7.47. The summed E-state index contributed by atoms with van der Waals surface area (Å²) in [5.74, 6) is 0. The maximum absolute atomic E-state index is 12.3. The zero-order valence-electron chi connectivity index (χ0n) is 23.8. The van der Waals surface area contributed by atoms with Crippen LogP contribution < -0.4 is 0 Å². The van der Waals surface area contributed by atoms with Crippen LogP contribution in [0.15, 0.2) is 0 Å². The summed E-state index contributed by atoms with van der Waals surface area (Å²) in [6, 6.07) is 0. The summed E-state index contributed by atoms with van der Waals surface area (Å²) in [6.07, 6.45) is 18.6. The predicted octanol–water partition coefficient (Wildman–Crippen LogP) is 6.31. The fourth-order valence-electron chi connectivity index (χ4n) is 4.20. The molecule has 1 fully saturated rings. The lowest BCUT2D eigenvalue weighted by atomic mass is 9.92. The molecule has 0 aromatic rings. The van der Waals surface area contributed by atoms with Crippen LogP contribution in [-0.4, -0.2) is 83.5 Å². The van der Waals surface area contributed by atoms with Crippen molar-refractivity contribution in [2.45, 2.75) is 96.8 Å². The lowest BCUT2D eigenvalue weighted by Crippen LogP contribution is -2.45. The molecule has 36 heavy (non-hydrogen) atoms. The second-order valence-corrected chi connectivity index (χ2v) is 13.0. The first-order valence-electron chi connectivity index (χ1n) is 14.3. The second kappa shape index (κ2) is 19.9. The molecule has 1 aliphatic rings. The van der Waals surface area contributed by atoms with Crippen LogP contribution in [0.1, 0.15) is 96.8 Å². The third-order valence-corrected chi connectivity index (χ3v) is 7.55. The predicted molar refractivity (Wildman–Crippen MR) is 145 cm³/mol. The number of quaternary nitrogens is 1. The number of phosphoric acid groups is 1. The molecule has 0 saturated carbocycles. The molecule has 1 rings (SSSR count). The van der Waals surface area contributed by atoms with Gasteiger partial charge in [0.25, 0.3) is 0 Å². The molecule has 1 saturated heterocycles. The Bertz CT molecular complexity index is 565. The van der Waals surface area contributed by atoms with E-state index >= 15 is 0 Å². The molecule has 1 heterocycles. The van der Waals surface area contributed by atoms with Gasteiger partial charge in [-0.3, -0.25) is 9.05 Å². The molecule has 0 aliphatic carbocycles. The Labute approximate surface area is 221 Å². The average molecular weight is 539 g/mol. The van der Waals surface area contributed by atoms with Gasteiger partial charge >= 0.3 is 7.82 Å². The molecule has 1 atom stereocenters. The molecule has 0 spiro atoms. The largest absolute Gasteiger partial charge is 0.472 e. The number of nitrogens with zero attached hydrogens (tertiary/aromatic N) is 1. The summed E-state index contributed by atoms with van der Waals surface area (Å²) in [7, 11) is 1.84. The Balaban J connectivity index is 2.09. The fourth-order valence-corrected chi connectivity index (χ4v) is 5.02. The summed E-state index contributed by atoms with van der Waals surface area (Å²) in [5.41, 5.74) is -0.601. The van der Waals surface area contributed by atoms with Crippen LogP contribution >= 0.6 is 7.82 Å². The van der Waals surface area contributed by atoms with Crippen molar-refractivity contribution in [1.29, 1.82) is 0 Å². The van der Waals surface area contributed by atoms with Crippen molar-refractivity contribution in [2.75, 3.05) is 74.1 Å². The van der Waals surface area contributed by atoms with E-state index in [1.807, 2.05) is 21.1 Å². The van der Waals surface area contributed by atoms with Crippen molar-refractivity contribution in [3.05, 3.63) is 0 Å². The first kappa shape index (κ1) is 34.0. The van der Waals surface area contributed by atoms with Crippen LogP contribution in [0.5, 0.6) is 0 Å². The van der Waals surface area contributed by atoms with Gasteiger partial charge in [-0.1, -0.05) is 90.4 Å². The number of rotatable bonds is 24. The fraction of sp³-hybridized carbons (Fsp3) is 1.00. The van der Waals surface area contributed by atoms with Crippen molar-refractivity contribution in [3.8, 4) is 0 Å². The van der Waals surface area contributed by atoms with Crippen molar-refractivity contribution in [1.82, 2.24) is 0 Å². The molecule has 0 radical (unpaired) electrons. The number of phosphoric ester groups is 1. The summed E-state index contributed by atoms with van der Waals surface area (Å²) in [4.78, 5) is 10.1. The van der Waals surface area contributed by atoms with E-state index in [1.54, 1.807) is 0 Å². The van der Waals surface area contributed by atoms with Gasteiger partial charge in [0.1, 0.15) is 19.9 Å². The molecular weight excluding hydrogens is 481 g/mol. The van der Waals surface area contributed by atoms with Crippen molar-refractivity contribution < 1.29 is 37.2 Å². The van der Waals surface area contributed by atoms with Crippen LogP contribution in [0.25, 0.3) is 0 Å². The van der Waals surface area contributed by atoms with Gasteiger partial charge in [0, 0.05) is 6.61 Å². The average Bonchev–Trinajstić information content (AvgIpc) is 2.82. The quantitative estimate of drug-likeness (QED) is 0.0875. The Morgan fingerprint density at radius 1 is 0.750 bits per heavy atom. The van der Waals surface area contributed by atoms with Crippen LogP contribution in [0, 0.1) is 5.41 Å². The van der Waals surface area contributed by atoms with E-state index in [-0.39, 0.29) is 20.0 Å². The van der Waals surface area contributed by atoms with Crippen molar-refractivity contribution >= 4 is 7.82 Å². The molecule has 1 aliphatic heterocycles. The Hall–Kier alpha value is -0.0500. The third-order valence-electron chi connectivity index (χ3n) is 6.58. The molecule has 8 nitrogen and oxygen atoms in total. The Kier molecular flexibility index (Phi) is 18.8. The van der Waals surface area contributed by atoms with E-state index in [0.29, 0.717) is 37.5 Å². The van der Waals surface area contributed by atoms with Crippen molar-refractivity contribution in [2.24, 2.45) is 5.41 Å². The minimum absolute atomic E-state index is 0.0100. The van der Waals surface area contributed by atoms with Crippen LogP contribution in [0.4, 0.5) is 0 Å². The first-order valence-corrected chi connectivity index (χ1v) is 15.8. The van der Waals surface area contributed by atoms with E-state index in [9.17, 15) is 9.46 Å². The normalized spacial score (nSPS) is 17.8. The topological polar surface area (TPSA) is 83.5 Å². The minimum Gasteiger partial charge on any atom is -0.381 e. The molecule has 1 unspecified atom stereocenters. The van der Waals surface area contributed by atoms with E-state index in [2.05, 4.69) is 6.92 Å². The van der Waals surface area contributed by atoms with Gasteiger partial charge in [-0.25, -0.2) is 4.57 Å². The van der Waals surface area contributed by atoms with Crippen molar-refractivity contribution in [3.63, 3.8) is 0 Å². The highest BCUT2D eigenvalue weighted by Crippen LogP contribution is 2.45. The minimum atomic E-state index is -4.14. The smallest absolute Gasteiger partial charge is 0.381 e. The Morgan fingerprint density at radius 2 is 1.25 bits per heavy atom. The van der Waals surface area contributed by atoms with Gasteiger partial charge in [-0.2, -0.15) is 0 Å². The zero-order valence-corrected chi connectivity index (χ0v) is 24.7. The number of ether oxygens (including phenoxy) is 3. The van der Waals surface area contributed by atoms with E-state index in [4.69, 9.17) is 23.3 Å². The van der Waals surface area contributed by atoms with Crippen LogP contribution in [0.2, 0.25) is 0 Å². The standard InChI is InChI=1S/C27H56NO7P/c1-5-6-7-8-9-10-11-12-13-14-15-16-17-18-20-31-22-27(23-32-26-33-24-27)25-35-36(29,30)34-21-19-28(2,3)4/h5-26H2,1-4H3/p+1. The van der Waals surface area contributed by atoms with Crippen LogP contribution in [0.3, 0.4) is 0 Å². The maximum atomic E-state index is 12.3. The summed E-state index contributed by atoms with van der Waals surface area (Å²) in [5, 5.41) is 0. The monoisotopic (exact) mass is 538 g/mol. The number of hydrogen-bond donors (Lipinski definition) is 1. The molecule has 216 valence electrons. The maximum Gasteiger partial charge on any atom is 0.472 e. The lowest BCUT2D eigenvalue weighted by molar-refractivity contribution is -0.870. The highest BCUT2D eigenvalue weighted by Gasteiger charge is 2.38.